The molecule has 38 heavy (non-hydrogen) atoms. The van der Waals surface area contributed by atoms with E-state index in [0.29, 0.717) is 41.7 Å². The molecule has 8 nitrogen and oxygen atoms in total. The van der Waals surface area contributed by atoms with E-state index in [9.17, 15) is 19.1 Å². The van der Waals surface area contributed by atoms with Crippen molar-refractivity contribution in [3.05, 3.63) is 64.1 Å². The standard InChI is InChI=1S/C28H32ClFN4O4/c1-4-32(11-12-38-3)9-6-10-33-26(36)28(2)16-20-19-14-21(29)22(30)15-23(19)31-24(20)25(34(28)27(33)37)17-7-5-8-18(35)13-17/h5,7-8,13-15,25,31,35H,4,6,9-12,16H2,1-3H3/t25-,28+/m1/s1. The molecule has 1 saturated heterocycles. The quantitative estimate of drug-likeness (QED) is 0.383. The van der Waals surface area contributed by atoms with Crippen LogP contribution in [0.25, 0.3) is 10.9 Å². The molecular formula is C28H32ClFN4O4. The Bertz CT molecular complexity index is 1390. The first kappa shape index (κ1) is 26.5. The molecule has 2 atom stereocenters. The molecule has 2 aliphatic rings. The number of likely N-dealkylation sites (N-methyl/N-ethyl adjacent to an activating group) is 1. The molecule has 0 unspecified atom stereocenters. The van der Waals surface area contributed by atoms with Gasteiger partial charge in [0.25, 0.3) is 5.91 Å². The van der Waals surface area contributed by atoms with E-state index < -0.39 is 17.4 Å². The number of fused-ring (bicyclic) bond motifs is 4. The van der Waals surface area contributed by atoms with E-state index >= 15 is 0 Å². The summed E-state index contributed by atoms with van der Waals surface area (Å²) in [6.07, 6.45) is 0.897. The van der Waals surface area contributed by atoms with Gasteiger partial charge < -0.3 is 19.7 Å². The van der Waals surface area contributed by atoms with Crippen LogP contribution in [0.2, 0.25) is 5.02 Å². The van der Waals surface area contributed by atoms with E-state index in [1.165, 1.54) is 11.0 Å². The lowest BCUT2D eigenvalue weighted by Crippen LogP contribution is -2.53. The van der Waals surface area contributed by atoms with E-state index in [4.69, 9.17) is 16.3 Å². The number of urea groups is 1. The number of nitrogens with zero attached hydrogens (tertiary/aromatic N) is 3. The van der Waals surface area contributed by atoms with Crippen molar-refractivity contribution in [2.75, 3.05) is 39.9 Å². The number of hydrogen-bond acceptors (Lipinski definition) is 5. The number of H-pyrrole nitrogens is 1. The second kappa shape index (κ2) is 10.2. The molecule has 1 fully saturated rings. The smallest absolute Gasteiger partial charge is 0.328 e. The first-order chi connectivity index (χ1) is 18.2. The molecule has 3 aromatic rings. The summed E-state index contributed by atoms with van der Waals surface area (Å²) in [5.41, 5.74) is 1.53. The molecule has 0 radical (unpaired) electrons. The number of benzene rings is 2. The molecule has 0 spiro atoms. The Hall–Kier alpha value is -3.14. The average Bonchev–Trinajstić information content (AvgIpc) is 3.31. The van der Waals surface area contributed by atoms with E-state index in [-0.39, 0.29) is 29.1 Å². The fourth-order valence-electron chi connectivity index (χ4n) is 5.85. The lowest BCUT2D eigenvalue weighted by Gasteiger charge is -2.42. The van der Waals surface area contributed by atoms with Gasteiger partial charge in [0, 0.05) is 43.2 Å². The Morgan fingerprint density at radius 1 is 1.26 bits per heavy atom. The molecule has 2 aromatic carbocycles. The molecule has 3 amide bonds. The molecule has 2 aliphatic heterocycles. The normalized spacial score (nSPS) is 21.1. The number of aromatic nitrogens is 1. The molecule has 10 heteroatoms. The number of carbonyl (C=O) groups excluding carboxylic acids is 2. The van der Waals surface area contributed by atoms with Gasteiger partial charge in [0.05, 0.1) is 11.6 Å². The van der Waals surface area contributed by atoms with Crippen molar-refractivity contribution < 1.29 is 23.8 Å². The van der Waals surface area contributed by atoms with Crippen LogP contribution in [0, 0.1) is 5.82 Å². The number of imide groups is 1. The van der Waals surface area contributed by atoms with Crippen molar-refractivity contribution in [2.24, 2.45) is 0 Å². The Morgan fingerprint density at radius 2 is 2.05 bits per heavy atom. The minimum absolute atomic E-state index is 0.00908. The van der Waals surface area contributed by atoms with Gasteiger partial charge in [-0.3, -0.25) is 14.6 Å². The van der Waals surface area contributed by atoms with E-state index in [2.05, 4.69) is 16.8 Å². The number of nitrogens with one attached hydrogen (secondary N) is 1. The molecule has 0 bridgehead atoms. The van der Waals surface area contributed by atoms with Crippen LogP contribution in [0.3, 0.4) is 0 Å². The van der Waals surface area contributed by atoms with Gasteiger partial charge in [0.2, 0.25) is 0 Å². The number of hydrogen-bond donors (Lipinski definition) is 2. The predicted molar refractivity (Wildman–Crippen MR) is 143 cm³/mol. The fraction of sp³-hybridized carbons (Fsp3) is 0.429. The van der Waals surface area contributed by atoms with Gasteiger partial charge in [-0.05, 0) is 61.8 Å². The van der Waals surface area contributed by atoms with Crippen molar-refractivity contribution in [3.63, 3.8) is 0 Å². The van der Waals surface area contributed by atoms with Crippen LogP contribution in [0.15, 0.2) is 36.4 Å². The Labute approximate surface area is 225 Å². The molecule has 1 aromatic heterocycles. The van der Waals surface area contributed by atoms with Crippen molar-refractivity contribution in [3.8, 4) is 5.75 Å². The Balaban J connectivity index is 1.54. The highest BCUT2D eigenvalue weighted by Gasteiger charge is 2.60. The minimum Gasteiger partial charge on any atom is -0.508 e. The van der Waals surface area contributed by atoms with Crippen molar-refractivity contribution >= 4 is 34.4 Å². The van der Waals surface area contributed by atoms with E-state index in [1.54, 1.807) is 43.2 Å². The number of halogens is 2. The molecule has 0 aliphatic carbocycles. The van der Waals surface area contributed by atoms with Crippen LogP contribution in [0.1, 0.15) is 43.1 Å². The highest BCUT2D eigenvalue weighted by Crippen LogP contribution is 2.49. The largest absolute Gasteiger partial charge is 0.508 e. The van der Waals surface area contributed by atoms with Gasteiger partial charge in [-0.15, -0.1) is 0 Å². The number of methoxy groups -OCH3 is 1. The van der Waals surface area contributed by atoms with E-state index in [1.807, 2.05) is 6.07 Å². The zero-order valence-corrected chi connectivity index (χ0v) is 22.5. The molecule has 0 saturated carbocycles. The van der Waals surface area contributed by atoms with Crippen LogP contribution in [0.4, 0.5) is 9.18 Å². The molecule has 2 N–H and O–H groups in total. The average molecular weight is 543 g/mol. The summed E-state index contributed by atoms with van der Waals surface area (Å²) >= 11 is 6.14. The summed E-state index contributed by atoms with van der Waals surface area (Å²) in [6.45, 7) is 7.13. The molecular weight excluding hydrogens is 511 g/mol. The lowest BCUT2D eigenvalue weighted by atomic mass is 9.81. The summed E-state index contributed by atoms with van der Waals surface area (Å²) in [5, 5.41) is 11.0. The topological polar surface area (TPSA) is 89.1 Å². The first-order valence-electron chi connectivity index (χ1n) is 12.8. The minimum atomic E-state index is -1.16. The SMILES string of the molecule is CCN(CCCN1C(=O)N2[C@H](c3cccc(O)c3)c3[nH]c4cc(F)c(Cl)cc4c3C[C@@]2(C)C1=O)CCOC. The van der Waals surface area contributed by atoms with Crippen molar-refractivity contribution in [1.29, 1.82) is 0 Å². The highest BCUT2D eigenvalue weighted by molar-refractivity contribution is 6.31. The van der Waals surface area contributed by atoms with E-state index in [0.717, 1.165) is 25.2 Å². The summed E-state index contributed by atoms with van der Waals surface area (Å²) in [4.78, 5) is 36.3. The van der Waals surface area contributed by atoms with Gasteiger partial charge in [-0.2, -0.15) is 0 Å². The third kappa shape index (κ3) is 4.32. The van der Waals surface area contributed by atoms with Gasteiger partial charge in [-0.1, -0.05) is 30.7 Å². The predicted octanol–water partition coefficient (Wildman–Crippen LogP) is 4.69. The number of amides is 3. The summed E-state index contributed by atoms with van der Waals surface area (Å²) < 4.78 is 19.5. The number of rotatable bonds is 9. The van der Waals surface area contributed by atoms with Gasteiger partial charge >= 0.3 is 6.03 Å². The van der Waals surface area contributed by atoms with Crippen LogP contribution in [-0.4, -0.2) is 82.2 Å². The highest BCUT2D eigenvalue weighted by atomic mass is 35.5. The number of ether oxygens (including phenoxy) is 1. The monoisotopic (exact) mass is 542 g/mol. The second-order valence-electron chi connectivity index (χ2n) is 10.2. The van der Waals surface area contributed by atoms with Crippen molar-refractivity contribution in [2.45, 2.75) is 38.3 Å². The number of aromatic hydroxyl groups is 1. The van der Waals surface area contributed by atoms with Crippen LogP contribution < -0.4 is 0 Å². The lowest BCUT2D eigenvalue weighted by molar-refractivity contribution is -0.133. The van der Waals surface area contributed by atoms with Gasteiger partial charge in [0.15, 0.2) is 0 Å². The number of phenols is 1. The maximum absolute atomic E-state index is 14.3. The third-order valence-electron chi connectivity index (χ3n) is 7.81. The first-order valence-corrected chi connectivity index (χ1v) is 13.2. The zero-order chi connectivity index (χ0) is 27.2. The molecule has 3 heterocycles. The van der Waals surface area contributed by atoms with Crippen LogP contribution >= 0.6 is 11.6 Å². The van der Waals surface area contributed by atoms with Crippen LogP contribution in [-0.2, 0) is 16.0 Å². The maximum atomic E-state index is 14.3. The second-order valence-corrected chi connectivity index (χ2v) is 10.6. The summed E-state index contributed by atoms with van der Waals surface area (Å²) in [7, 11) is 1.66. The number of phenolic OH excluding ortho intramolecular Hbond substituents is 1. The van der Waals surface area contributed by atoms with Gasteiger partial charge in [0.1, 0.15) is 23.1 Å². The fourth-order valence-corrected chi connectivity index (χ4v) is 6.01. The third-order valence-corrected chi connectivity index (χ3v) is 8.10. The summed E-state index contributed by atoms with van der Waals surface area (Å²) in [6, 6.07) is 8.51. The summed E-state index contributed by atoms with van der Waals surface area (Å²) in [5.74, 6) is -0.767. The van der Waals surface area contributed by atoms with Gasteiger partial charge in [-0.25, -0.2) is 9.18 Å². The Morgan fingerprint density at radius 3 is 2.76 bits per heavy atom. The maximum Gasteiger partial charge on any atom is 0.328 e. The van der Waals surface area contributed by atoms with Crippen LogP contribution in [0.5, 0.6) is 5.75 Å². The Kier molecular flexibility index (Phi) is 7.11. The molecule has 5 rings (SSSR count). The number of carbonyl (C=O) groups is 2. The zero-order valence-electron chi connectivity index (χ0n) is 21.8. The van der Waals surface area contributed by atoms with Crippen molar-refractivity contribution in [1.82, 2.24) is 19.7 Å². The number of aromatic amines is 1. The molecule has 202 valence electrons.